The Morgan fingerprint density at radius 2 is 2.04 bits per heavy atom. The van der Waals surface area contributed by atoms with Crippen LogP contribution in [0.15, 0.2) is 47.8 Å². The molecule has 0 saturated heterocycles. The second-order valence-corrected chi connectivity index (χ2v) is 7.37. The van der Waals surface area contributed by atoms with Crippen LogP contribution in [0.1, 0.15) is 19.4 Å². The zero-order valence-corrected chi connectivity index (χ0v) is 15.9. The molecule has 0 saturated carbocycles. The van der Waals surface area contributed by atoms with E-state index in [9.17, 15) is 4.79 Å². The molecule has 2 heterocycles. The summed E-state index contributed by atoms with van der Waals surface area (Å²) in [6.45, 7) is 3.91. The number of H-pyrrole nitrogens is 1. The number of pyridine rings is 1. The number of benzene rings is 1. The summed E-state index contributed by atoms with van der Waals surface area (Å²) in [4.78, 5) is 20.8. The Kier molecular flexibility index (Phi) is 5.90. The third-order valence-corrected chi connectivity index (χ3v) is 4.92. The van der Waals surface area contributed by atoms with Gasteiger partial charge < -0.3 is 5.32 Å². The molecule has 0 aliphatic carbocycles. The van der Waals surface area contributed by atoms with Crippen molar-refractivity contribution in [2.75, 3.05) is 5.32 Å². The van der Waals surface area contributed by atoms with Gasteiger partial charge in [0.25, 0.3) is 0 Å². The Bertz CT molecular complexity index is 879. The number of carbonyl (C=O) groups excluding carboxylic acids is 1. The van der Waals surface area contributed by atoms with Crippen LogP contribution in [0.5, 0.6) is 0 Å². The molecule has 2 N–H and O–H groups in total. The molecule has 0 aliphatic rings. The number of nitrogens with one attached hydrogen (secondary N) is 2. The van der Waals surface area contributed by atoms with Crippen LogP contribution in [0, 0.1) is 0 Å². The van der Waals surface area contributed by atoms with E-state index in [2.05, 4.69) is 44.5 Å². The summed E-state index contributed by atoms with van der Waals surface area (Å²) in [5.74, 6) is 0.962. The zero-order chi connectivity index (χ0) is 18.5. The average molecular weight is 388 g/mol. The van der Waals surface area contributed by atoms with Crippen molar-refractivity contribution < 1.29 is 4.79 Å². The first-order valence-electron chi connectivity index (χ1n) is 8.16. The lowest BCUT2D eigenvalue weighted by Gasteiger charge is -2.09. The molecular formula is C18H18ClN5OS. The van der Waals surface area contributed by atoms with Crippen LogP contribution in [0.2, 0.25) is 5.02 Å². The fraction of sp³-hybridized carbons (Fsp3) is 0.222. The highest BCUT2D eigenvalue weighted by atomic mass is 35.5. The Balaban J connectivity index is 1.62. The number of anilines is 1. The van der Waals surface area contributed by atoms with Crippen molar-refractivity contribution in [3.8, 4) is 11.4 Å². The first-order chi connectivity index (χ1) is 12.5. The fourth-order valence-corrected chi connectivity index (χ4v) is 3.05. The van der Waals surface area contributed by atoms with Gasteiger partial charge in [-0.2, -0.15) is 0 Å². The van der Waals surface area contributed by atoms with Gasteiger partial charge in [0, 0.05) is 11.8 Å². The second-order valence-electron chi connectivity index (χ2n) is 5.63. The van der Waals surface area contributed by atoms with Crippen LogP contribution in [-0.4, -0.2) is 31.3 Å². The van der Waals surface area contributed by atoms with Crippen LogP contribution in [0.25, 0.3) is 11.4 Å². The number of nitrogens with zero attached hydrogens (tertiary/aromatic N) is 3. The van der Waals surface area contributed by atoms with Gasteiger partial charge >= 0.3 is 0 Å². The van der Waals surface area contributed by atoms with Gasteiger partial charge in [0.15, 0.2) is 5.82 Å². The number of rotatable bonds is 6. The van der Waals surface area contributed by atoms with Crippen molar-refractivity contribution >= 4 is 35.1 Å². The molecule has 3 aromatic rings. The van der Waals surface area contributed by atoms with Crippen LogP contribution >= 0.6 is 23.4 Å². The van der Waals surface area contributed by atoms with Crippen molar-refractivity contribution in [2.45, 2.75) is 30.7 Å². The van der Waals surface area contributed by atoms with E-state index in [-0.39, 0.29) is 11.2 Å². The normalized spacial score (nSPS) is 12.0. The molecular weight excluding hydrogens is 370 g/mol. The lowest BCUT2D eigenvalue weighted by Crippen LogP contribution is -2.23. The molecule has 2 aromatic heterocycles. The number of halogens is 1. The van der Waals surface area contributed by atoms with Crippen LogP contribution in [-0.2, 0) is 11.2 Å². The van der Waals surface area contributed by atoms with Gasteiger partial charge in [-0.05, 0) is 31.0 Å². The molecule has 6 nitrogen and oxygen atoms in total. The van der Waals surface area contributed by atoms with Crippen molar-refractivity contribution in [2.24, 2.45) is 0 Å². The van der Waals surface area contributed by atoms with Crippen molar-refractivity contribution in [1.29, 1.82) is 0 Å². The van der Waals surface area contributed by atoms with Crippen LogP contribution in [0.3, 0.4) is 0 Å². The third kappa shape index (κ3) is 4.62. The number of aromatic amines is 1. The molecule has 0 bridgehead atoms. The third-order valence-electron chi connectivity index (χ3n) is 3.73. The number of aryl methyl sites for hydroxylation is 1. The van der Waals surface area contributed by atoms with Crippen LogP contribution < -0.4 is 5.32 Å². The van der Waals surface area contributed by atoms with Crippen molar-refractivity contribution in [3.63, 3.8) is 0 Å². The standard InChI is InChI=1S/C18H18ClN5OS/c1-3-12-4-6-13(7-5-12)16-22-18(24-23-16)26-11(2)17(25)21-15-9-8-14(19)10-20-15/h4-11H,3H2,1-2H3,(H,20,21,25)(H,22,23,24)/t11-/m0/s1. The minimum atomic E-state index is -0.376. The smallest absolute Gasteiger partial charge is 0.238 e. The van der Waals surface area contributed by atoms with E-state index in [1.807, 2.05) is 12.1 Å². The summed E-state index contributed by atoms with van der Waals surface area (Å²) >= 11 is 7.07. The number of amides is 1. The van der Waals surface area contributed by atoms with Gasteiger partial charge in [0.1, 0.15) is 5.82 Å². The molecule has 0 radical (unpaired) electrons. The molecule has 8 heteroatoms. The molecule has 1 amide bonds. The van der Waals surface area contributed by atoms with E-state index in [0.29, 0.717) is 21.8 Å². The van der Waals surface area contributed by atoms with Gasteiger partial charge in [-0.3, -0.25) is 9.89 Å². The highest BCUT2D eigenvalue weighted by Crippen LogP contribution is 2.24. The minimum Gasteiger partial charge on any atom is -0.310 e. The number of hydrogen-bond acceptors (Lipinski definition) is 5. The molecule has 1 aromatic carbocycles. The summed E-state index contributed by atoms with van der Waals surface area (Å²) < 4.78 is 0. The SMILES string of the molecule is CCc1ccc(-c2nc(S[C@@H](C)C(=O)Nc3ccc(Cl)cn3)n[nH]2)cc1. The molecule has 3 rings (SSSR count). The van der Waals surface area contributed by atoms with E-state index in [1.165, 1.54) is 23.5 Å². The molecule has 0 spiro atoms. The van der Waals surface area contributed by atoms with Crippen molar-refractivity contribution in [1.82, 2.24) is 20.2 Å². The van der Waals surface area contributed by atoms with E-state index in [1.54, 1.807) is 19.1 Å². The summed E-state index contributed by atoms with van der Waals surface area (Å²) in [5, 5.41) is 10.5. The summed E-state index contributed by atoms with van der Waals surface area (Å²) in [6, 6.07) is 11.5. The summed E-state index contributed by atoms with van der Waals surface area (Å²) in [7, 11) is 0. The second kappa shape index (κ2) is 8.33. The Morgan fingerprint density at radius 3 is 2.69 bits per heavy atom. The van der Waals surface area contributed by atoms with Gasteiger partial charge in [-0.1, -0.05) is 54.6 Å². The average Bonchev–Trinajstić information content (AvgIpc) is 3.12. The van der Waals surface area contributed by atoms with Crippen LogP contribution in [0.4, 0.5) is 5.82 Å². The maximum atomic E-state index is 12.3. The number of hydrogen-bond donors (Lipinski definition) is 2. The zero-order valence-electron chi connectivity index (χ0n) is 14.4. The minimum absolute atomic E-state index is 0.177. The molecule has 1 atom stereocenters. The highest BCUT2D eigenvalue weighted by molar-refractivity contribution is 8.00. The number of carbonyl (C=O) groups is 1. The van der Waals surface area contributed by atoms with E-state index < -0.39 is 0 Å². The lowest BCUT2D eigenvalue weighted by molar-refractivity contribution is -0.115. The van der Waals surface area contributed by atoms with E-state index in [0.717, 1.165) is 12.0 Å². The first kappa shape index (κ1) is 18.4. The van der Waals surface area contributed by atoms with Crippen molar-refractivity contribution in [3.05, 3.63) is 53.2 Å². The van der Waals surface area contributed by atoms with E-state index >= 15 is 0 Å². The highest BCUT2D eigenvalue weighted by Gasteiger charge is 2.18. The Hall–Kier alpha value is -2.38. The molecule has 0 aliphatic heterocycles. The lowest BCUT2D eigenvalue weighted by atomic mass is 10.1. The molecule has 26 heavy (non-hydrogen) atoms. The number of aromatic nitrogens is 4. The predicted octanol–water partition coefficient (Wildman–Crippen LogP) is 4.20. The molecule has 134 valence electrons. The monoisotopic (exact) mass is 387 g/mol. The maximum Gasteiger partial charge on any atom is 0.238 e. The molecule has 0 fully saturated rings. The summed E-state index contributed by atoms with van der Waals surface area (Å²) in [6.07, 6.45) is 2.48. The van der Waals surface area contributed by atoms with Gasteiger partial charge in [0.2, 0.25) is 11.1 Å². The quantitative estimate of drug-likeness (QED) is 0.619. The number of thioether (sulfide) groups is 1. The van der Waals surface area contributed by atoms with Gasteiger partial charge in [-0.15, -0.1) is 5.10 Å². The van der Waals surface area contributed by atoms with Gasteiger partial charge in [-0.25, -0.2) is 9.97 Å². The molecule has 0 unspecified atom stereocenters. The fourth-order valence-electron chi connectivity index (χ4n) is 2.22. The largest absolute Gasteiger partial charge is 0.310 e. The Labute approximate surface area is 160 Å². The van der Waals surface area contributed by atoms with E-state index in [4.69, 9.17) is 11.6 Å². The summed E-state index contributed by atoms with van der Waals surface area (Å²) in [5.41, 5.74) is 2.23. The maximum absolute atomic E-state index is 12.3. The predicted molar refractivity (Wildman–Crippen MR) is 104 cm³/mol. The Morgan fingerprint density at radius 1 is 1.27 bits per heavy atom. The topological polar surface area (TPSA) is 83.6 Å². The van der Waals surface area contributed by atoms with Gasteiger partial charge in [0.05, 0.1) is 10.3 Å². The first-order valence-corrected chi connectivity index (χ1v) is 9.41.